The van der Waals surface area contributed by atoms with Gasteiger partial charge in [0, 0.05) is 21.1 Å². The molecule has 0 fully saturated rings. The largest absolute Gasteiger partial charge is 0.467 e. The molecule has 0 spiro atoms. The molecule has 0 heterocycles. The van der Waals surface area contributed by atoms with E-state index in [1.165, 1.54) is 49.6 Å². The Bertz CT molecular complexity index is 1130. The third-order valence-electron chi connectivity index (χ3n) is 5.14. The lowest BCUT2D eigenvalue weighted by atomic mass is 10.0. The number of rotatable bonds is 10. The van der Waals surface area contributed by atoms with E-state index in [4.69, 9.17) is 16.3 Å². The average Bonchev–Trinajstić information content (AvgIpc) is 2.78. The Morgan fingerprint density at radius 3 is 2.32 bits per heavy atom. The van der Waals surface area contributed by atoms with Crippen molar-refractivity contribution in [1.29, 1.82) is 0 Å². The van der Waals surface area contributed by atoms with Gasteiger partial charge in [0.25, 0.3) is 10.0 Å². The average molecular weight is 625 g/mol. The maximum Gasteiger partial charge on any atom is 0.328 e. The number of hydrogen-bond acceptors (Lipinski definition) is 5. The van der Waals surface area contributed by atoms with E-state index in [-0.39, 0.29) is 29.3 Å². The van der Waals surface area contributed by atoms with Gasteiger partial charge in [0.1, 0.15) is 11.9 Å². The molecular formula is C23H27ClFIN2O5S. The fraction of sp³-hybridized carbons (Fsp3) is 0.391. The van der Waals surface area contributed by atoms with Crippen LogP contribution in [0.5, 0.6) is 0 Å². The number of hydrogen-bond donors (Lipinski definition) is 1. The highest BCUT2D eigenvalue weighted by molar-refractivity contribution is 14.1. The zero-order chi connectivity index (χ0) is 25.6. The monoisotopic (exact) mass is 624 g/mol. The highest BCUT2D eigenvalue weighted by Crippen LogP contribution is 2.31. The van der Waals surface area contributed by atoms with Crippen molar-refractivity contribution in [3.8, 4) is 0 Å². The van der Waals surface area contributed by atoms with Gasteiger partial charge in [-0.15, -0.1) is 0 Å². The van der Waals surface area contributed by atoms with Crippen LogP contribution in [0.2, 0.25) is 5.02 Å². The summed E-state index contributed by atoms with van der Waals surface area (Å²) in [5.74, 6) is -1.91. The molecule has 0 saturated carbocycles. The molecule has 0 aliphatic heterocycles. The molecule has 2 rings (SSSR count). The first-order valence-electron chi connectivity index (χ1n) is 10.5. The molecule has 0 saturated heterocycles. The zero-order valence-corrected chi connectivity index (χ0v) is 22.9. The molecule has 11 heteroatoms. The molecule has 0 aromatic heterocycles. The van der Waals surface area contributed by atoms with Crippen molar-refractivity contribution in [2.24, 2.45) is 5.92 Å². The van der Waals surface area contributed by atoms with Gasteiger partial charge in [-0.05, 0) is 84.3 Å². The first-order valence-corrected chi connectivity index (χ1v) is 13.4. The highest BCUT2D eigenvalue weighted by Gasteiger charge is 2.32. The predicted molar refractivity (Wildman–Crippen MR) is 138 cm³/mol. The van der Waals surface area contributed by atoms with Crippen molar-refractivity contribution in [3.05, 3.63) is 56.9 Å². The number of anilines is 1. The lowest BCUT2D eigenvalue weighted by Crippen LogP contribution is -2.45. The molecule has 0 aliphatic rings. The predicted octanol–water partition coefficient (Wildman–Crippen LogP) is 4.76. The summed E-state index contributed by atoms with van der Waals surface area (Å²) >= 11 is 7.87. The normalized spacial score (nSPS) is 13.3. The maximum absolute atomic E-state index is 14.8. The highest BCUT2D eigenvalue weighted by atomic mass is 127. The van der Waals surface area contributed by atoms with Crippen LogP contribution in [0.25, 0.3) is 0 Å². The summed E-state index contributed by atoms with van der Waals surface area (Å²) in [5, 5.41) is 2.99. The quantitative estimate of drug-likeness (QED) is 0.304. The fourth-order valence-electron chi connectivity index (χ4n) is 3.31. The van der Waals surface area contributed by atoms with E-state index in [0.717, 1.165) is 4.31 Å². The second kappa shape index (κ2) is 12.2. The minimum absolute atomic E-state index is 0.0583. The number of methoxy groups -OCH3 is 1. The van der Waals surface area contributed by atoms with Crippen LogP contribution in [0.15, 0.2) is 47.4 Å². The van der Waals surface area contributed by atoms with Crippen molar-refractivity contribution in [2.75, 3.05) is 11.4 Å². The van der Waals surface area contributed by atoms with Crippen LogP contribution >= 0.6 is 34.2 Å². The lowest BCUT2D eigenvalue weighted by Gasteiger charge is -2.31. The third-order valence-corrected chi connectivity index (χ3v) is 8.01. The first-order chi connectivity index (χ1) is 15.9. The van der Waals surface area contributed by atoms with E-state index in [1.54, 1.807) is 20.8 Å². The molecule has 0 bridgehead atoms. The Morgan fingerprint density at radius 2 is 1.76 bits per heavy atom. The number of sulfonamides is 1. The number of carbonyl (C=O) groups is 2. The number of benzene rings is 2. The molecule has 2 atom stereocenters. The number of ether oxygens (including phenoxy) is 1. The van der Waals surface area contributed by atoms with E-state index in [1.807, 2.05) is 22.6 Å². The number of nitrogens with one attached hydrogen (secondary N) is 1. The van der Waals surface area contributed by atoms with Crippen LogP contribution in [0.3, 0.4) is 0 Å². The van der Waals surface area contributed by atoms with Gasteiger partial charge in [0.2, 0.25) is 5.91 Å². The van der Waals surface area contributed by atoms with Crippen LogP contribution in [0, 0.1) is 15.3 Å². The molecule has 0 aliphatic carbocycles. The maximum atomic E-state index is 14.8. The number of halogens is 3. The second-order valence-electron chi connectivity index (χ2n) is 8.05. The summed E-state index contributed by atoms with van der Waals surface area (Å²) < 4.78 is 48.3. The van der Waals surface area contributed by atoms with E-state index in [9.17, 15) is 22.4 Å². The Hall–Kier alpha value is -1.92. The standard InChI is InChI=1S/C23H27ClFIN2O5S/c1-14(2)22(23(30)33-4)27-21(29)12-5-15(3)28(20-13-17(26)8-11-19(20)25)34(31,32)18-9-6-16(24)7-10-18/h6-11,13-15,22H,5,12H2,1-4H3,(H,27,29)/t15-,22+/m1/s1. The van der Waals surface area contributed by atoms with Crippen LogP contribution in [0.1, 0.15) is 33.6 Å². The van der Waals surface area contributed by atoms with Crippen LogP contribution in [-0.2, 0) is 24.3 Å². The Balaban J connectivity index is 2.34. The van der Waals surface area contributed by atoms with Gasteiger partial charge < -0.3 is 10.1 Å². The first kappa shape index (κ1) is 28.3. The second-order valence-corrected chi connectivity index (χ2v) is 11.5. The van der Waals surface area contributed by atoms with Crippen molar-refractivity contribution in [2.45, 2.75) is 50.6 Å². The number of amides is 1. The number of esters is 1. The van der Waals surface area contributed by atoms with E-state index >= 15 is 0 Å². The Labute approximate surface area is 218 Å². The van der Waals surface area contributed by atoms with Crippen molar-refractivity contribution < 1.29 is 27.1 Å². The van der Waals surface area contributed by atoms with Gasteiger partial charge >= 0.3 is 5.97 Å². The van der Waals surface area contributed by atoms with Gasteiger partial charge in [-0.3, -0.25) is 9.10 Å². The molecule has 2 aromatic rings. The number of carbonyl (C=O) groups excluding carboxylic acids is 2. The molecule has 7 nitrogen and oxygen atoms in total. The van der Waals surface area contributed by atoms with Crippen molar-refractivity contribution >= 4 is 61.8 Å². The molecule has 186 valence electrons. The van der Waals surface area contributed by atoms with Gasteiger partial charge in [0.15, 0.2) is 0 Å². The summed E-state index contributed by atoms with van der Waals surface area (Å²) in [6, 6.07) is 8.13. The van der Waals surface area contributed by atoms with E-state index < -0.39 is 39.8 Å². The molecule has 2 aromatic carbocycles. The third kappa shape index (κ3) is 7.05. The summed E-state index contributed by atoms with van der Waals surface area (Å²) in [6.07, 6.45) is -0.00484. The van der Waals surface area contributed by atoms with Crippen molar-refractivity contribution in [1.82, 2.24) is 5.32 Å². The SMILES string of the molecule is COC(=O)[C@@H](NC(=O)CC[C@@H](C)N(c1cc(I)ccc1F)S(=O)(=O)c1ccc(Cl)cc1)C(C)C. The molecule has 1 N–H and O–H groups in total. The summed E-state index contributed by atoms with van der Waals surface area (Å²) in [5.41, 5.74) is -0.121. The molecule has 34 heavy (non-hydrogen) atoms. The molecule has 0 unspecified atom stereocenters. The van der Waals surface area contributed by atoms with Gasteiger partial charge in [-0.25, -0.2) is 17.6 Å². The smallest absolute Gasteiger partial charge is 0.328 e. The van der Waals surface area contributed by atoms with E-state index in [0.29, 0.717) is 8.59 Å². The van der Waals surface area contributed by atoms with Gasteiger partial charge in [-0.1, -0.05) is 25.4 Å². The molecule has 0 radical (unpaired) electrons. The summed E-state index contributed by atoms with van der Waals surface area (Å²) in [7, 11) is -2.95. The minimum atomic E-state index is -4.19. The summed E-state index contributed by atoms with van der Waals surface area (Å²) in [6.45, 7) is 5.13. The summed E-state index contributed by atoms with van der Waals surface area (Å²) in [4.78, 5) is 24.4. The molecule has 1 amide bonds. The Kier molecular flexibility index (Phi) is 10.1. The van der Waals surface area contributed by atoms with Crippen LogP contribution < -0.4 is 9.62 Å². The minimum Gasteiger partial charge on any atom is -0.467 e. The lowest BCUT2D eigenvalue weighted by molar-refractivity contribution is -0.146. The van der Waals surface area contributed by atoms with Crippen molar-refractivity contribution in [3.63, 3.8) is 0 Å². The zero-order valence-electron chi connectivity index (χ0n) is 19.2. The van der Waals surface area contributed by atoms with Crippen LogP contribution in [0.4, 0.5) is 10.1 Å². The topological polar surface area (TPSA) is 92.8 Å². The van der Waals surface area contributed by atoms with Gasteiger partial charge in [-0.2, -0.15) is 0 Å². The molecular weight excluding hydrogens is 598 g/mol. The fourth-order valence-corrected chi connectivity index (χ4v) is 5.59. The van der Waals surface area contributed by atoms with E-state index in [2.05, 4.69) is 5.32 Å². The number of nitrogens with zero attached hydrogens (tertiary/aromatic N) is 1. The Morgan fingerprint density at radius 1 is 1.15 bits per heavy atom. The van der Waals surface area contributed by atoms with Gasteiger partial charge in [0.05, 0.1) is 17.7 Å². The van der Waals surface area contributed by atoms with Crippen LogP contribution in [-0.4, -0.2) is 39.5 Å².